The first kappa shape index (κ1) is 26.7. The highest BCUT2D eigenvalue weighted by molar-refractivity contribution is 5.90. The molecular formula is C30H38ClNO4. The van der Waals surface area contributed by atoms with Gasteiger partial charge in [-0.15, -0.1) is 0 Å². The molecule has 5 rings (SSSR count). The molecule has 3 aliphatic rings. The number of halogens is 1. The molecule has 0 amide bonds. The van der Waals surface area contributed by atoms with Crippen LogP contribution in [-0.4, -0.2) is 47.7 Å². The van der Waals surface area contributed by atoms with E-state index in [1.807, 2.05) is 60.7 Å². The van der Waals surface area contributed by atoms with E-state index in [1.54, 1.807) is 20.8 Å². The van der Waals surface area contributed by atoms with Crippen molar-refractivity contribution in [1.82, 2.24) is 0 Å². The smallest absolute Gasteiger partial charge is 0.360 e. The molecule has 3 fully saturated rings. The van der Waals surface area contributed by atoms with Gasteiger partial charge in [-0.1, -0.05) is 60.7 Å². The van der Waals surface area contributed by atoms with E-state index in [0.29, 0.717) is 23.2 Å². The lowest BCUT2D eigenvalue weighted by Crippen LogP contribution is -3.00. The highest BCUT2D eigenvalue weighted by atomic mass is 35.5. The number of carbonyl (C=O) groups is 2. The molecule has 3 aliphatic heterocycles. The van der Waals surface area contributed by atoms with Gasteiger partial charge in [-0.2, -0.15) is 0 Å². The third-order valence-electron chi connectivity index (χ3n) is 8.54. The molecule has 194 valence electrons. The molecule has 2 unspecified atom stereocenters. The van der Waals surface area contributed by atoms with Crippen LogP contribution in [0, 0.1) is 5.41 Å². The molecule has 36 heavy (non-hydrogen) atoms. The quantitative estimate of drug-likeness (QED) is 0.457. The SMILES string of the molecule is CC(C)(C)C(=O)OC(C(=O)OC1CC2CCC(C1)[N+]21CCCC1)(c1ccccc1)c1ccccc1.[Cl-]. The van der Waals surface area contributed by atoms with Gasteiger partial charge in [-0.3, -0.25) is 4.79 Å². The first-order valence-electron chi connectivity index (χ1n) is 13.2. The Morgan fingerprint density at radius 2 is 1.25 bits per heavy atom. The molecular weight excluding hydrogens is 474 g/mol. The Morgan fingerprint density at radius 3 is 1.69 bits per heavy atom. The summed E-state index contributed by atoms with van der Waals surface area (Å²) in [7, 11) is 0. The molecule has 2 aromatic rings. The maximum Gasteiger partial charge on any atom is 0.360 e. The van der Waals surface area contributed by atoms with Gasteiger partial charge in [-0.25, -0.2) is 4.79 Å². The Labute approximate surface area is 221 Å². The molecule has 5 nitrogen and oxygen atoms in total. The first-order chi connectivity index (χ1) is 16.8. The van der Waals surface area contributed by atoms with Crippen molar-refractivity contribution in [3.63, 3.8) is 0 Å². The van der Waals surface area contributed by atoms with Crippen molar-refractivity contribution in [1.29, 1.82) is 0 Å². The maximum absolute atomic E-state index is 14.2. The summed E-state index contributed by atoms with van der Waals surface area (Å²) in [6.07, 6.45) is 6.71. The number of esters is 2. The first-order valence-corrected chi connectivity index (χ1v) is 13.2. The van der Waals surface area contributed by atoms with Crippen LogP contribution in [0.3, 0.4) is 0 Å². The van der Waals surface area contributed by atoms with Crippen LogP contribution in [0.4, 0.5) is 0 Å². The van der Waals surface area contributed by atoms with Crippen LogP contribution in [-0.2, 0) is 24.7 Å². The topological polar surface area (TPSA) is 52.6 Å². The van der Waals surface area contributed by atoms with Gasteiger partial charge >= 0.3 is 11.9 Å². The van der Waals surface area contributed by atoms with E-state index >= 15 is 0 Å². The molecule has 0 saturated carbocycles. The summed E-state index contributed by atoms with van der Waals surface area (Å²) in [6, 6.07) is 19.8. The normalized spacial score (nSPS) is 24.7. The van der Waals surface area contributed by atoms with Crippen LogP contribution in [0.25, 0.3) is 0 Å². The molecule has 0 N–H and O–H groups in total. The fourth-order valence-electron chi connectivity index (χ4n) is 6.74. The number of hydrogen-bond acceptors (Lipinski definition) is 4. The Kier molecular flexibility index (Phi) is 7.55. The number of quaternary nitrogens is 1. The summed E-state index contributed by atoms with van der Waals surface area (Å²) in [5, 5.41) is 0. The predicted octanol–water partition coefficient (Wildman–Crippen LogP) is 2.37. The van der Waals surface area contributed by atoms with Crippen molar-refractivity contribution < 1.29 is 36.0 Å². The molecule has 2 atom stereocenters. The minimum atomic E-state index is -1.65. The maximum atomic E-state index is 14.2. The zero-order chi connectivity index (χ0) is 24.7. The van der Waals surface area contributed by atoms with Gasteiger partial charge in [0.15, 0.2) is 0 Å². The fraction of sp³-hybridized carbons (Fsp3) is 0.533. The zero-order valence-corrected chi connectivity index (χ0v) is 22.4. The van der Waals surface area contributed by atoms with Gasteiger partial charge in [-0.05, 0) is 20.8 Å². The van der Waals surface area contributed by atoms with E-state index in [4.69, 9.17) is 9.47 Å². The summed E-state index contributed by atoms with van der Waals surface area (Å²) in [4.78, 5) is 27.5. The largest absolute Gasteiger partial charge is 1.00 e. The van der Waals surface area contributed by atoms with Crippen LogP contribution in [0.1, 0.15) is 70.4 Å². The Bertz CT molecular complexity index is 1000. The third kappa shape index (κ3) is 4.56. The van der Waals surface area contributed by atoms with Crippen molar-refractivity contribution in [2.45, 2.75) is 83.1 Å². The monoisotopic (exact) mass is 511 g/mol. The minimum absolute atomic E-state index is 0. The molecule has 0 aliphatic carbocycles. The van der Waals surface area contributed by atoms with Crippen molar-refractivity contribution in [3.05, 3.63) is 71.8 Å². The molecule has 2 aromatic carbocycles. The summed E-state index contributed by atoms with van der Waals surface area (Å²) >= 11 is 0. The Morgan fingerprint density at radius 1 is 0.778 bits per heavy atom. The number of nitrogens with zero attached hydrogens (tertiary/aromatic N) is 1. The summed E-state index contributed by atoms with van der Waals surface area (Å²) in [6.45, 7) is 7.96. The second-order valence-corrected chi connectivity index (χ2v) is 11.7. The van der Waals surface area contributed by atoms with Crippen molar-refractivity contribution in [2.75, 3.05) is 13.1 Å². The van der Waals surface area contributed by atoms with Gasteiger partial charge in [0.25, 0.3) is 5.60 Å². The number of rotatable bonds is 5. The standard InChI is InChI=1S/C30H38NO4.ClH/c1-29(2,3)27(32)35-30(22-12-6-4-7-13-22,23-14-8-5-9-15-23)28(33)34-26-20-24-16-17-25(21-26)31(24)18-10-11-19-31;/h4-9,12-15,24-26H,10-11,16-21H2,1-3H3;1H/q+1;/p-1. The lowest BCUT2D eigenvalue weighted by Gasteiger charge is -2.47. The van der Waals surface area contributed by atoms with Crippen LogP contribution in [0.2, 0.25) is 0 Å². The van der Waals surface area contributed by atoms with Crippen LogP contribution >= 0.6 is 0 Å². The summed E-state index contributed by atoms with van der Waals surface area (Å²) in [5.41, 5.74) is -1.21. The predicted molar refractivity (Wildman–Crippen MR) is 134 cm³/mol. The Balaban J connectivity index is 0.00000304. The molecule has 1 spiro atoms. The second-order valence-electron chi connectivity index (χ2n) is 11.7. The minimum Gasteiger partial charge on any atom is -1.00 e. The molecule has 3 saturated heterocycles. The molecule has 2 bridgehead atoms. The summed E-state index contributed by atoms with van der Waals surface area (Å²) < 4.78 is 13.8. The number of ether oxygens (including phenoxy) is 2. The van der Waals surface area contributed by atoms with Crippen LogP contribution < -0.4 is 12.4 Å². The van der Waals surface area contributed by atoms with Gasteiger partial charge in [0.1, 0.15) is 6.10 Å². The van der Waals surface area contributed by atoms with E-state index in [1.165, 1.54) is 43.3 Å². The Hall–Kier alpha value is -2.37. The van der Waals surface area contributed by atoms with Gasteiger partial charge in [0.05, 0.1) is 30.6 Å². The fourth-order valence-corrected chi connectivity index (χ4v) is 6.74. The number of carbonyl (C=O) groups excluding carboxylic acids is 2. The van der Waals surface area contributed by atoms with Gasteiger partial charge in [0, 0.05) is 49.7 Å². The number of benzene rings is 2. The highest BCUT2D eigenvalue weighted by Gasteiger charge is 2.57. The van der Waals surface area contributed by atoms with Crippen molar-refractivity contribution >= 4 is 11.9 Å². The van der Waals surface area contributed by atoms with E-state index in [9.17, 15) is 9.59 Å². The van der Waals surface area contributed by atoms with Crippen LogP contribution in [0.5, 0.6) is 0 Å². The molecule has 6 heteroatoms. The lowest BCUT2D eigenvalue weighted by molar-refractivity contribution is -0.956. The third-order valence-corrected chi connectivity index (χ3v) is 8.54. The second kappa shape index (κ2) is 10.2. The average molecular weight is 512 g/mol. The van der Waals surface area contributed by atoms with E-state index < -0.39 is 23.0 Å². The van der Waals surface area contributed by atoms with E-state index in [-0.39, 0.29) is 18.5 Å². The summed E-state index contributed by atoms with van der Waals surface area (Å²) in [5.74, 6) is -0.931. The zero-order valence-electron chi connectivity index (χ0n) is 21.6. The average Bonchev–Trinajstić information content (AvgIpc) is 3.39. The highest BCUT2D eigenvalue weighted by Crippen LogP contribution is 2.47. The van der Waals surface area contributed by atoms with E-state index in [2.05, 4.69) is 0 Å². The number of piperidine rings is 1. The van der Waals surface area contributed by atoms with Crippen molar-refractivity contribution in [2.24, 2.45) is 5.41 Å². The van der Waals surface area contributed by atoms with Crippen molar-refractivity contribution in [3.8, 4) is 0 Å². The van der Waals surface area contributed by atoms with Gasteiger partial charge in [0.2, 0.25) is 0 Å². The lowest BCUT2D eigenvalue weighted by atomic mass is 9.85. The van der Waals surface area contributed by atoms with E-state index in [0.717, 1.165) is 12.8 Å². The van der Waals surface area contributed by atoms with Gasteiger partial charge < -0.3 is 26.4 Å². The van der Waals surface area contributed by atoms with Crippen LogP contribution in [0.15, 0.2) is 60.7 Å². The molecule has 3 heterocycles. The molecule has 0 radical (unpaired) electrons. The molecule has 0 aromatic heterocycles. The number of hydrogen-bond donors (Lipinski definition) is 0.